The largest absolute Gasteiger partial charge is 0.351 e. The lowest BCUT2D eigenvalue weighted by atomic mass is 10.1. The molecule has 1 N–H and O–H groups in total. The molecule has 0 saturated carbocycles. The number of aromatic amines is 1. The van der Waals surface area contributed by atoms with Crippen molar-refractivity contribution in [1.29, 1.82) is 0 Å². The Hall–Kier alpha value is -1.84. The number of pyridine rings is 1. The van der Waals surface area contributed by atoms with Crippen LogP contribution in [0.25, 0.3) is 10.9 Å². The second-order valence-corrected chi connectivity index (χ2v) is 5.44. The predicted octanol–water partition coefficient (Wildman–Crippen LogP) is 4.46. The summed E-state index contributed by atoms with van der Waals surface area (Å²) in [5.74, 6) is -0.275. The van der Waals surface area contributed by atoms with E-state index in [-0.39, 0.29) is 11.5 Å². The van der Waals surface area contributed by atoms with Crippen LogP contribution in [0.3, 0.4) is 0 Å². The van der Waals surface area contributed by atoms with Crippen molar-refractivity contribution >= 4 is 39.9 Å². The normalized spacial score (nSPS) is 11.0. The van der Waals surface area contributed by atoms with Crippen molar-refractivity contribution in [3.05, 3.63) is 63.5 Å². The van der Waals surface area contributed by atoms with Gasteiger partial charge in [0.2, 0.25) is 5.78 Å². The second kappa shape index (κ2) is 5.51. The van der Waals surface area contributed by atoms with Crippen molar-refractivity contribution in [1.82, 2.24) is 9.97 Å². The van der Waals surface area contributed by atoms with Crippen LogP contribution in [0.4, 0.5) is 0 Å². The number of carbonyl (C=O) groups excluding carboxylic acids is 1. The van der Waals surface area contributed by atoms with E-state index >= 15 is 0 Å². The van der Waals surface area contributed by atoms with Gasteiger partial charge in [-0.25, -0.2) is 0 Å². The third-order valence-electron chi connectivity index (χ3n) is 3.29. The molecule has 0 unspecified atom stereocenters. The van der Waals surface area contributed by atoms with Crippen molar-refractivity contribution in [2.45, 2.75) is 13.3 Å². The monoisotopic (exact) mass is 317 g/mol. The minimum atomic E-state index is -0.275. The molecular weight excluding hydrogens is 307 g/mol. The molecule has 0 fully saturated rings. The molecule has 0 aliphatic carbocycles. The molecule has 0 spiro atoms. The summed E-state index contributed by atoms with van der Waals surface area (Å²) in [6, 6.07) is 10.2. The molecule has 0 bridgehead atoms. The highest BCUT2D eigenvalue weighted by molar-refractivity contribution is 6.35. The first-order valence-corrected chi connectivity index (χ1v) is 7.24. The molecule has 0 saturated heterocycles. The lowest BCUT2D eigenvalue weighted by molar-refractivity contribution is 0.103. The van der Waals surface area contributed by atoms with Crippen LogP contribution in [0.5, 0.6) is 0 Å². The minimum absolute atomic E-state index is 0.241. The molecule has 5 heteroatoms. The molecule has 0 aliphatic rings. The van der Waals surface area contributed by atoms with E-state index in [1.54, 1.807) is 18.3 Å². The summed E-state index contributed by atoms with van der Waals surface area (Å²) in [5.41, 5.74) is 2.22. The van der Waals surface area contributed by atoms with Crippen molar-refractivity contribution in [2.24, 2.45) is 0 Å². The Morgan fingerprint density at radius 1 is 1.33 bits per heavy atom. The number of H-pyrrole nitrogens is 1. The number of benzene rings is 1. The molecule has 2 aromatic heterocycles. The van der Waals surface area contributed by atoms with Gasteiger partial charge in [-0.3, -0.25) is 9.78 Å². The highest BCUT2D eigenvalue weighted by atomic mass is 35.5. The van der Waals surface area contributed by atoms with E-state index in [0.717, 1.165) is 22.9 Å². The zero-order chi connectivity index (χ0) is 15.0. The van der Waals surface area contributed by atoms with Gasteiger partial charge in [-0.15, -0.1) is 0 Å². The Balaban J connectivity index is 2.08. The van der Waals surface area contributed by atoms with Crippen molar-refractivity contribution in [2.75, 3.05) is 0 Å². The third kappa shape index (κ3) is 2.55. The number of halogens is 2. The van der Waals surface area contributed by atoms with Gasteiger partial charge >= 0.3 is 0 Å². The summed E-state index contributed by atoms with van der Waals surface area (Å²) in [6.07, 6.45) is 2.34. The topological polar surface area (TPSA) is 45.8 Å². The maximum atomic E-state index is 12.5. The highest BCUT2D eigenvalue weighted by Crippen LogP contribution is 2.24. The zero-order valence-corrected chi connectivity index (χ0v) is 12.7. The number of aryl methyl sites for hydroxylation is 1. The summed E-state index contributed by atoms with van der Waals surface area (Å²) < 4.78 is 0. The lowest BCUT2D eigenvalue weighted by Crippen LogP contribution is -2.06. The van der Waals surface area contributed by atoms with Gasteiger partial charge in [0.05, 0.1) is 10.7 Å². The summed E-state index contributed by atoms with van der Waals surface area (Å²) in [4.78, 5) is 19.7. The summed E-state index contributed by atoms with van der Waals surface area (Å²) in [5, 5.41) is 1.79. The number of nitrogens with one attached hydrogen (secondary N) is 1. The fourth-order valence-corrected chi connectivity index (χ4v) is 2.68. The number of aromatic nitrogens is 2. The standard InChI is InChI=1S/C16H11Cl2N2O/c1-2-9-5-6-19-15(14(9)18)16(21)13-7-10-3-4-11(17)8-12(10)20-13/h3-6,8,20H,2H2,1H3. The Morgan fingerprint density at radius 3 is 2.90 bits per heavy atom. The highest BCUT2D eigenvalue weighted by Gasteiger charge is 2.18. The van der Waals surface area contributed by atoms with Gasteiger partial charge < -0.3 is 4.98 Å². The van der Waals surface area contributed by atoms with Gasteiger partial charge in [-0.1, -0.05) is 36.2 Å². The van der Waals surface area contributed by atoms with Gasteiger partial charge in [0.15, 0.2) is 0 Å². The summed E-state index contributed by atoms with van der Waals surface area (Å²) >= 11 is 12.2. The molecule has 105 valence electrons. The average molecular weight is 318 g/mol. The van der Waals surface area contributed by atoms with Crippen LogP contribution in [-0.2, 0) is 6.42 Å². The minimum Gasteiger partial charge on any atom is -0.351 e. The van der Waals surface area contributed by atoms with E-state index in [9.17, 15) is 4.79 Å². The van der Waals surface area contributed by atoms with Crippen LogP contribution in [-0.4, -0.2) is 15.8 Å². The van der Waals surface area contributed by atoms with E-state index in [1.807, 2.05) is 19.1 Å². The van der Waals surface area contributed by atoms with Gasteiger partial charge in [0.25, 0.3) is 0 Å². The Morgan fingerprint density at radius 2 is 2.14 bits per heavy atom. The lowest BCUT2D eigenvalue weighted by Gasteiger charge is -2.05. The first-order chi connectivity index (χ1) is 10.1. The molecule has 3 rings (SSSR count). The Bertz CT molecular complexity index is 839. The third-order valence-corrected chi connectivity index (χ3v) is 3.95. The fraction of sp³-hybridized carbons (Fsp3) is 0.125. The Labute approximate surface area is 131 Å². The molecule has 21 heavy (non-hydrogen) atoms. The van der Waals surface area contributed by atoms with Crippen LogP contribution in [0.2, 0.25) is 10.0 Å². The molecule has 0 atom stereocenters. The maximum Gasteiger partial charge on any atom is 0.229 e. The van der Waals surface area contributed by atoms with E-state index in [1.165, 1.54) is 0 Å². The molecule has 0 aliphatic heterocycles. The SMILES string of the molecule is CCc1ccnc(C(=O)c2[c]c3ccc(Cl)cc3[nH]2)c1Cl. The quantitative estimate of drug-likeness (QED) is 0.725. The predicted molar refractivity (Wildman–Crippen MR) is 84.2 cm³/mol. The van der Waals surface area contributed by atoms with E-state index in [2.05, 4.69) is 16.0 Å². The van der Waals surface area contributed by atoms with Crippen molar-refractivity contribution in [3.63, 3.8) is 0 Å². The van der Waals surface area contributed by atoms with Gasteiger partial charge in [0, 0.05) is 28.2 Å². The molecule has 2 heterocycles. The van der Waals surface area contributed by atoms with Gasteiger partial charge in [-0.2, -0.15) is 0 Å². The Kier molecular flexibility index (Phi) is 3.70. The van der Waals surface area contributed by atoms with Crippen molar-refractivity contribution in [3.8, 4) is 0 Å². The second-order valence-electron chi connectivity index (χ2n) is 4.63. The van der Waals surface area contributed by atoms with E-state index in [4.69, 9.17) is 23.2 Å². The first-order valence-electron chi connectivity index (χ1n) is 6.48. The zero-order valence-electron chi connectivity index (χ0n) is 11.2. The smallest absolute Gasteiger partial charge is 0.229 e. The van der Waals surface area contributed by atoms with Crippen molar-refractivity contribution < 1.29 is 4.79 Å². The first kappa shape index (κ1) is 14.1. The number of nitrogens with zero attached hydrogens (tertiary/aromatic N) is 1. The van der Waals surface area contributed by atoms with Crippen LogP contribution in [0.15, 0.2) is 30.5 Å². The van der Waals surface area contributed by atoms with Gasteiger partial charge in [-0.05, 0) is 30.2 Å². The molecule has 0 amide bonds. The number of fused-ring (bicyclic) bond motifs is 1. The van der Waals surface area contributed by atoms with E-state index in [0.29, 0.717) is 15.7 Å². The van der Waals surface area contributed by atoms with Crippen LogP contribution >= 0.6 is 23.2 Å². The summed E-state index contributed by atoms with van der Waals surface area (Å²) in [6.45, 7) is 1.98. The molecule has 3 aromatic rings. The molecule has 1 aromatic carbocycles. The van der Waals surface area contributed by atoms with Crippen LogP contribution < -0.4 is 0 Å². The average Bonchev–Trinajstić information content (AvgIpc) is 2.89. The number of hydrogen-bond donors (Lipinski definition) is 1. The molecule has 3 nitrogen and oxygen atoms in total. The number of ketones is 1. The fourth-order valence-electron chi connectivity index (χ4n) is 2.18. The molecule has 1 radical (unpaired) electrons. The number of rotatable bonds is 3. The summed E-state index contributed by atoms with van der Waals surface area (Å²) in [7, 11) is 0. The molecular formula is C16H11Cl2N2O. The van der Waals surface area contributed by atoms with Crippen LogP contribution in [0.1, 0.15) is 28.7 Å². The van der Waals surface area contributed by atoms with E-state index < -0.39 is 0 Å². The van der Waals surface area contributed by atoms with Crippen LogP contribution in [0, 0.1) is 6.07 Å². The van der Waals surface area contributed by atoms with Gasteiger partial charge in [0.1, 0.15) is 5.69 Å². The number of hydrogen-bond acceptors (Lipinski definition) is 2. The number of carbonyl (C=O) groups is 1. The maximum absolute atomic E-state index is 12.5.